The average Bonchev–Trinajstić information content (AvgIpc) is 3.03. The van der Waals surface area contributed by atoms with Crippen LogP contribution in [0.15, 0.2) is 0 Å². The highest BCUT2D eigenvalue weighted by Crippen LogP contribution is 2.56. The zero-order chi connectivity index (χ0) is 16.0. The molecule has 3 aliphatic rings. The lowest BCUT2D eigenvalue weighted by Crippen LogP contribution is -2.50. The molecule has 3 nitrogen and oxygen atoms in total. The van der Waals surface area contributed by atoms with Crippen molar-refractivity contribution in [3.8, 4) is 0 Å². The van der Waals surface area contributed by atoms with E-state index in [-0.39, 0.29) is 16.9 Å². The van der Waals surface area contributed by atoms with Crippen LogP contribution in [0.4, 0.5) is 0 Å². The fraction of sp³-hybridized carbons (Fsp3) is 0.947. The van der Waals surface area contributed by atoms with Crippen LogP contribution in [0.1, 0.15) is 72.1 Å². The van der Waals surface area contributed by atoms with Gasteiger partial charge in [0.15, 0.2) is 0 Å². The third kappa shape index (κ3) is 2.81. The predicted molar refractivity (Wildman–Crippen MR) is 88.3 cm³/mol. The van der Waals surface area contributed by atoms with Gasteiger partial charge < -0.3 is 10.4 Å². The van der Waals surface area contributed by atoms with Gasteiger partial charge in [0.1, 0.15) is 0 Å². The molecular formula is C19H33NO2. The molecule has 126 valence electrons. The first-order valence-electron chi connectivity index (χ1n) is 9.32. The Bertz CT molecular complexity index is 423. The van der Waals surface area contributed by atoms with Crippen molar-refractivity contribution in [2.45, 2.75) is 77.7 Å². The highest BCUT2D eigenvalue weighted by atomic mass is 16.3. The Labute approximate surface area is 135 Å². The number of hydrogen-bond acceptors (Lipinski definition) is 2. The van der Waals surface area contributed by atoms with Crippen LogP contribution in [-0.4, -0.2) is 23.2 Å². The van der Waals surface area contributed by atoms with Crippen molar-refractivity contribution in [1.82, 2.24) is 5.32 Å². The summed E-state index contributed by atoms with van der Waals surface area (Å²) >= 11 is 0. The number of aliphatic hydroxyl groups is 1. The molecule has 3 saturated carbocycles. The van der Waals surface area contributed by atoms with Crippen LogP contribution in [-0.2, 0) is 4.79 Å². The van der Waals surface area contributed by atoms with E-state index in [4.69, 9.17) is 0 Å². The number of carbonyl (C=O) groups is 1. The normalized spacial score (nSPS) is 44.5. The molecule has 3 aliphatic carbocycles. The van der Waals surface area contributed by atoms with Crippen LogP contribution in [0, 0.1) is 29.1 Å². The van der Waals surface area contributed by atoms with Crippen LogP contribution < -0.4 is 5.32 Å². The summed E-state index contributed by atoms with van der Waals surface area (Å²) in [4.78, 5) is 13.0. The predicted octanol–water partition coefficient (Wildman–Crippen LogP) is 3.51. The Kier molecular flexibility index (Phi) is 4.30. The van der Waals surface area contributed by atoms with Crippen molar-refractivity contribution >= 4 is 5.91 Å². The standard InChI is InChI=1S/C19H33NO2/c1-13(2)15-5-4-14(3)10-16(15)17(22)20-19-8-6-18(11-19,12-21)7-9-19/h13-16,21H,4-12H2,1-3H3,(H,20,22)/t14-,15+,16?,18?,19?/m1/s1. The Morgan fingerprint density at radius 1 is 1.23 bits per heavy atom. The molecule has 0 radical (unpaired) electrons. The Morgan fingerprint density at radius 2 is 1.91 bits per heavy atom. The van der Waals surface area contributed by atoms with Crippen LogP contribution in [0.2, 0.25) is 0 Å². The van der Waals surface area contributed by atoms with Crippen molar-refractivity contribution in [1.29, 1.82) is 0 Å². The van der Waals surface area contributed by atoms with Crippen LogP contribution >= 0.6 is 0 Å². The molecule has 0 aromatic carbocycles. The number of nitrogens with one attached hydrogen (secondary N) is 1. The number of aliphatic hydroxyl groups excluding tert-OH is 1. The zero-order valence-corrected chi connectivity index (χ0v) is 14.5. The summed E-state index contributed by atoms with van der Waals surface area (Å²) in [5, 5.41) is 13.1. The quantitative estimate of drug-likeness (QED) is 0.835. The Balaban J connectivity index is 1.68. The first-order valence-corrected chi connectivity index (χ1v) is 9.32. The molecule has 0 heterocycles. The van der Waals surface area contributed by atoms with E-state index >= 15 is 0 Å². The maximum atomic E-state index is 13.0. The zero-order valence-electron chi connectivity index (χ0n) is 14.5. The summed E-state index contributed by atoms with van der Waals surface area (Å²) in [6, 6.07) is 0. The SMILES string of the molecule is CC(C)[C@@H]1CC[C@@H](C)CC1C(=O)NC12CCC(CO)(CC1)C2. The van der Waals surface area contributed by atoms with Crippen molar-refractivity contribution in [2.24, 2.45) is 29.1 Å². The lowest BCUT2D eigenvalue weighted by Gasteiger charge is -2.39. The van der Waals surface area contributed by atoms with Crippen molar-refractivity contribution in [2.75, 3.05) is 6.61 Å². The molecule has 3 fully saturated rings. The maximum Gasteiger partial charge on any atom is 0.223 e. The minimum absolute atomic E-state index is 0.00201. The van der Waals surface area contributed by atoms with Gasteiger partial charge in [-0.15, -0.1) is 0 Å². The van der Waals surface area contributed by atoms with Crippen LogP contribution in [0.3, 0.4) is 0 Å². The molecule has 3 rings (SSSR count). The van der Waals surface area contributed by atoms with Gasteiger partial charge in [0.2, 0.25) is 5.91 Å². The van der Waals surface area contributed by atoms with Gasteiger partial charge in [-0.25, -0.2) is 0 Å². The number of hydrogen-bond donors (Lipinski definition) is 2. The minimum atomic E-state index is 0.00201. The molecule has 0 aromatic heterocycles. The highest BCUT2D eigenvalue weighted by Gasteiger charge is 2.55. The average molecular weight is 307 g/mol. The lowest BCUT2D eigenvalue weighted by molar-refractivity contribution is -0.131. The van der Waals surface area contributed by atoms with Gasteiger partial charge >= 0.3 is 0 Å². The van der Waals surface area contributed by atoms with Gasteiger partial charge in [0.05, 0.1) is 0 Å². The van der Waals surface area contributed by atoms with E-state index < -0.39 is 0 Å². The van der Waals surface area contributed by atoms with Crippen molar-refractivity contribution in [3.63, 3.8) is 0 Å². The van der Waals surface area contributed by atoms with E-state index in [0.29, 0.717) is 30.3 Å². The second kappa shape index (κ2) is 5.81. The summed E-state index contributed by atoms with van der Waals surface area (Å²) in [5.41, 5.74) is 0.118. The van der Waals surface area contributed by atoms with Gasteiger partial charge in [-0.2, -0.15) is 0 Å². The second-order valence-corrected chi connectivity index (χ2v) is 9.04. The Morgan fingerprint density at radius 3 is 2.45 bits per heavy atom. The van der Waals surface area contributed by atoms with Gasteiger partial charge in [0, 0.05) is 18.1 Å². The number of rotatable bonds is 4. The van der Waals surface area contributed by atoms with Gasteiger partial charge in [-0.3, -0.25) is 4.79 Å². The molecule has 22 heavy (non-hydrogen) atoms. The summed E-state index contributed by atoms with van der Waals surface area (Å²) in [6.45, 7) is 7.11. The van der Waals surface area contributed by atoms with Gasteiger partial charge in [-0.05, 0) is 68.1 Å². The maximum absolute atomic E-state index is 13.0. The summed E-state index contributed by atoms with van der Waals surface area (Å²) in [6.07, 6.45) is 8.81. The van der Waals surface area contributed by atoms with E-state index in [9.17, 15) is 9.90 Å². The molecule has 0 saturated heterocycles. The van der Waals surface area contributed by atoms with E-state index in [1.54, 1.807) is 0 Å². The Hall–Kier alpha value is -0.570. The first-order chi connectivity index (χ1) is 10.4. The van der Waals surface area contributed by atoms with Crippen LogP contribution in [0.25, 0.3) is 0 Å². The van der Waals surface area contributed by atoms with E-state index in [1.807, 2.05) is 0 Å². The largest absolute Gasteiger partial charge is 0.396 e. The molecule has 0 aliphatic heterocycles. The van der Waals surface area contributed by atoms with Crippen LogP contribution in [0.5, 0.6) is 0 Å². The fourth-order valence-corrected chi connectivity index (χ4v) is 5.57. The van der Waals surface area contributed by atoms with E-state index in [2.05, 4.69) is 26.1 Å². The molecule has 1 amide bonds. The third-order valence-electron chi connectivity index (χ3n) is 7.06. The molecule has 0 aromatic rings. The van der Waals surface area contributed by atoms with E-state index in [0.717, 1.165) is 38.5 Å². The fourth-order valence-electron chi connectivity index (χ4n) is 5.57. The second-order valence-electron chi connectivity index (χ2n) is 9.04. The molecule has 2 N–H and O–H groups in total. The van der Waals surface area contributed by atoms with Gasteiger partial charge in [0.25, 0.3) is 0 Å². The molecule has 1 unspecified atom stereocenters. The number of carbonyl (C=O) groups excluding carboxylic acids is 1. The third-order valence-corrected chi connectivity index (χ3v) is 7.06. The first kappa shape index (κ1) is 16.3. The number of amides is 1. The monoisotopic (exact) mass is 307 g/mol. The smallest absolute Gasteiger partial charge is 0.223 e. The summed E-state index contributed by atoms with van der Waals surface area (Å²) in [5.74, 6) is 2.30. The van der Waals surface area contributed by atoms with Gasteiger partial charge in [-0.1, -0.05) is 27.2 Å². The topological polar surface area (TPSA) is 49.3 Å². The molecule has 3 heteroatoms. The molecule has 2 bridgehead atoms. The summed E-state index contributed by atoms with van der Waals surface area (Å²) in [7, 11) is 0. The molecule has 0 spiro atoms. The summed E-state index contributed by atoms with van der Waals surface area (Å²) < 4.78 is 0. The molecular weight excluding hydrogens is 274 g/mol. The minimum Gasteiger partial charge on any atom is -0.396 e. The van der Waals surface area contributed by atoms with Crippen molar-refractivity contribution < 1.29 is 9.90 Å². The molecule has 3 atom stereocenters. The lowest BCUT2D eigenvalue weighted by atomic mass is 9.69. The number of fused-ring (bicyclic) bond motifs is 2. The van der Waals surface area contributed by atoms with E-state index in [1.165, 1.54) is 12.8 Å². The van der Waals surface area contributed by atoms with Crippen molar-refractivity contribution in [3.05, 3.63) is 0 Å². The highest BCUT2D eigenvalue weighted by molar-refractivity contribution is 5.80.